The van der Waals surface area contributed by atoms with Crippen LogP contribution in [0.5, 0.6) is 0 Å². The summed E-state index contributed by atoms with van der Waals surface area (Å²) in [6, 6.07) is 1.15. The number of carbonyl (C=O) groups excluding carboxylic acids is 3. The number of carbonyl (C=O) groups is 3. The van der Waals surface area contributed by atoms with Crippen molar-refractivity contribution in [3.63, 3.8) is 0 Å². The average molecular weight is 277 g/mol. The standard InChI is InChI=1S/C14H19N3O3/c1-4-11-13(19)15-5-6-17(11)14(20)12-7-10(9(2)18)8-16(12)3/h7-8,11H,4-6H2,1-3H3,(H,15,19). The molecule has 1 aromatic rings. The molecule has 1 unspecified atom stereocenters. The molecule has 2 rings (SSSR count). The van der Waals surface area contributed by atoms with Gasteiger partial charge in [-0.05, 0) is 19.4 Å². The van der Waals surface area contributed by atoms with Gasteiger partial charge in [0.15, 0.2) is 5.78 Å². The van der Waals surface area contributed by atoms with Crippen LogP contribution in [0.4, 0.5) is 0 Å². The molecule has 0 radical (unpaired) electrons. The van der Waals surface area contributed by atoms with Crippen LogP contribution in [0.2, 0.25) is 0 Å². The Morgan fingerprint density at radius 3 is 2.70 bits per heavy atom. The highest BCUT2D eigenvalue weighted by Crippen LogP contribution is 2.16. The number of nitrogens with one attached hydrogen (secondary N) is 1. The largest absolute Gasteiger partial charge is 0.353 e. The van der Waals surface area contributed by atoms with Gasteiger partial charge in [-0.15, -0.1) is 0 Å². The molecule has 2 amide bonds. The lowest BCUT2D eigenvalue weighted by atomic mass is 10.1. The van der Waals surface area contributed by atoms with Gasteiger partial charge in [-0.25, -0.2) is 0 Å². The fourth-order valence-electron chi connectivity index (χ4n) is 2.48. The quantitative estimate of drug-likeness (QED) is 0.821. The Bertz CT molecular complexity index is 562. The second-order valence-corrected chi connectivity index (χ2v) is 4.99. The number of piperazine rings is 1. The molecule has 1 saturated heterocycles. The number of ketones is 1. The molecule has 20 heavy (non-hydrogen) atoms. The first-order chi connectivity index (χ1) is 9.45. The van der Waals surface area contributed by atoms with Gasteiger partial charge in [0.1, 0.15) is 11.7 Å². The monoisotopic (exact) mass is 277 g/mol. The third kappa shape index (κ3) is 2.45. The normalized spacial score (nSPS) is 18.9. The van der Waals surface area contributed by atoms with Gasteiger partial charge in [0.25, 0.3) is 5.91 Å². The van der Waals surface area contributed by atoms with Crippen LogP contribution in [0.3, 0.4) is 0 Å². The fraction of sp³-hybridized carbons (Fsp3) is 0.500. The molecule has 1 aromatic heterocycles. The smallest absolute Gasteiger partial charge is 0.271 e. The number of aryl methyl sites for hydroxylation is 1. The third-order valence-electron chi connectivity index (χ3n) is 3.61. The molecular formula is C14H19N3O3. The molecule has 1 aliphatic rings. The van der Waals surface area contributed by atoms with Crippen molar-refractivity contribution in [3.8, 4) is 0 Å². The molecule has 1 fully saturated rings. The highest BCUT2D eigenvalue weighted by Gasteiger charge is 2.33. The number of hydrogen-bond donors (Lipinski definition) is 1. The van der Waals surface area contributed by atoms with E-state index >= 15 is 0 Å². The molecular weight excluding hydrogens is 258 g/mol. The molecule has 6 nitrogen and oxygen atoms in total. The molecule has 108 valence electrons. The minimum atomic E-state index is -0.438. The van der Waals surface area contributed by atoms with E-state index in [0.717, 1.165) is 0 Å². The van der Waals surface area contributed by atoms with Crippen LogP contribution in [0.1, 0.15) is 41.1 Å². The first-order valence-electron chi connectivity index (χ1n) is 6.71. The molecule has 6 heteroatoms. The summed E-state index contributed by atoms with van der Waals surface area (Å²) >= 11 is 0. The van der Waals surface area contributed by atoms with Crippen molar-refractivity contribution in [3.05, 3.63) is 23.5 Å². The SMILES string of the molecule is CCC1C(=O)NCCN1C(=O)c1cc(C(C)=O)cn1C. The number of rotatable bonds is 3. The maximum Gasteiger partial charge on any atom is 0.271 e. The van der Waals surface area contributed by atoms with Crippen LogP contribution in [0, 0.1) is 0 Å². The predicted octanol–water partition coefficient (Wildman–Crippen LogP) is 0.578. The van der Waals surface area contributed by atoms with Crippen molar-refractivity contribution >= 4 is 17.6 Å². The molecule has 0 aliphatic carbocycles. The van der Waals surface area contributed by atoms with E-state index in [1.54, 1.807) is 28.8 Å². The number of Topliss-reactive ketones (excluding diaryl/α,β-unsaturated/α-hetero) is 1. The predicted molar refractivity (Wildman–Crippen MR) is 73.5 cm³/mol. The highest BCUT2D eigenvalue weighted by atomic mass is 16.2. The Labute approximate surface area is 117 Å². The van der Waals surface area contributed by atoms with Crippen LogP contribution in [0.15, 0.2) is 12.3 Å². The van der Waals surface area contributed by atoms with Gasteiger partial charge in [0.05, 0.1) is 0 Å². The maximum atomic E-state index is 12.6. The van der Waals surface area contributed by atoms with Crippen molar-refractivity contribution in [2.45, 2.75) is 26.3 Å². The summed E-state index contributed by atoms with van der Waals surface area (Å²) in [5.74, 6) is -0.405. The van der Waals surface area contributed by atoms with Gasteiger partial charge in [0, 0.05) is 31.9 Å². The van der Waals surface area contributed by atoms with Gasteiger partial charge < -0.3 is 14.8 Å². The van der Waals surface area contributed by atoms with E-state index in [1.807, 2.05) is 6.92 Å². The summed E-state index contributed by atoms with van der Waals surface area (Å²) in [6.07, 6.45) is 2.21. The van der Waals surface area contributed by atoms with Gasteiger partial charge in [-0.1, -0.05) is 6.92 Å². The van der Waals surface area contributed by atoms with Crippen LogP contribution in [-0.2, 0) is 11.8 Å². The summed E-state index contributed by atoms with van der Waals surface area (Å²) in [5, 5.41) is 2.76. The molecule has 0 spiro atoms. The minimum Gasteiger partial charge on any atom is -0.353 e. The topological polar surface area (TPSA) is 71.4 Å². The molecule has 1 atom stereocenters. The lowest BCUT2D eigenvalue weighted by Crippen LogP contribution is -2.57. The number of amides is 2. The van der Waals surface area contributed by atoms with Gasteiger partial charge in [-0.2, -0.15) is 0 Å². The lowest BCUT2D eigenvalue weighted by Gasteiger charge is -2.34. The van der Waals surface area contributed by atoms with Crippen molar-refractivity contribution < 1.29 is 14.4 Å². The fourth-order valence-corrected chi connectivity index (χ4v) is 2.48. The Morgan fingerprint density at radius 1 is 1.45 bits per heavy atom. The molecule has 0 aromatic carbocycles. The number of hydrogen-bond acceptors (Lipinski definition) is 3. The zero-order valence-electron chi connectivity index (χ0n) is 12.0. The van der Waals surface area contributed by atoms with Crippen molar-refractivity contribution in [2.24, 2.45) is 7.05 Å². The van der Waals surface area contributed by atoms with Crippen LogP contribution in [-0.4, -0.2) is 46.2 Å². The van der Waals surface area contributed by atoms with E-state index in [1.165, 1.54) is 6.92 Å². The van der Waals surface area contributed by atoms with E-state index in [4.69, 9.17) is 0 Å². The van der Waals surface area contributed by atoms with E-state index in [2.05, 4.69) is 5.32 Å². The van der Waals surface area contributed by atoms with Gasteiger partial charge in [0.2, 0.25) is 5.91 Å². The Kier molecular flexibility index (Phi) is 3.92. The van der Waals surface area contributed by atoms with Crippen molar-refractivity contribution in [1.29, 1.82) is 0 Å². The molecule has 1 aliphatic heterocycles. The summed E-state index contributed by atoms with van der Waals surface area (Å²) in [7, 11) is 1.73. The molecule has 0 saturated carbocycles. The first kappa shape index (κ1) is 14.3. The van der Waals surface area contributed by atoms with Crippen LogP contribution in [0.25, 0.3) is 0 Å². The van der Waals surface area contributed by atoms with Gasteiger partial charge in [-0.3, -0.25) is 14.4 Å². The number of nitrogens with zero attached hydrogens (tertiary/aromatic N) is 2. The van der Waals surface area contributed by atoms with Crippen LogP contribution < -0.4 is 5.32 Å². The van der Waals surface area contributed by atoms with E-state index < -0.39 is 6.04 Å². The lowest BCUT2D eigenvalue weighted by molar-refractivity contribution is -0.127. The molecule has 1 N–H and O–H groups in total. The first-order valence-corrected chi connectivity index (χ1v) is 6.71. The Morgan fingerprint density at radius 2 is 2.15 bits per heavy atom. The van der Waals surface area contributed by atoms with Gasteiger partial charge >= 0.3 is 0 Å². The van der Waals surface area contributed by atoms with Crippen molar-refractivity contribution in [2.75, 3.05) is 13.1 Å². The zero-order chi connectivity index (χ0) is 14.9. The Balaban J connectivity index is 2.30. The van der Waals surface area contributed by atoms with E-state index in [0.29, 0.717) is 30.8 Å². The highest BCUT2D eigenvalue weighted by molar-refractivity contribution is 6.01. The van der Waals surface area contributed by atoms with Crippen molar-refractivity contribution in [1.82, 2.24) is 14.8 Å². The van der Waals surface area contributed by atoms with Crippen LogP contribution >= 0.6 is 0 Å². The number of aromatic nitrogens is 1. The van der Waals surface area contributed by atoms with E-state index in [9.17, 15) is 14.4 Å². The minimum absolute atomic E-state index is 0.0805. The molecule has 0 bridgehead atoms. The molecule has 2 heterocycles. The Hall–Kier alpha value is -2.11. The average Bonchev–Trinajstić information content (AvgIpc) is 2.80. The third-order valence-corrected chi connectivity index (χ3v) is 3.61. The summed E-state index contributed by atoms with van der Waals surface area (Å²) in [5.41, 5.74) is 0.939. The second-order valence-electron chi connectivity index (χ2n) is 4.99. The summed E-state index contributed by atoms with van der Waals surface area (Å²) < 4.78 is 1.64. The maximum absolute atomic E-state index is 12.6. The zero-order valence-corrected chi connectivity index (χ0v) is 12.0. The summed E-state index contributed by atoms with van der Waals surface area (Å²) in [4.78, 5) is 37.4. The summed E-state index contributed by atoms with van der Waals surface area (Å²) in [6.45, 7) is 4.29. The van der Waals surface area contributed by atoms with E-state index in [-0.39, 0.29) is 17.6 Å². The second kappa shape index (κ2) is 5.48.